The van der Waals surface area contributed by atoms with Crippen LogP contribution in [0.4, 0.5) is 4.79 Å². The number of carbonyl (C=O) groups is 1. The Kier molecular flexibility index (Phi) is 4.48. The molecule has 4 nitrogen and oxygen atoms in total. The number of benzene rings is 2. The second-order valence-corrected chi connectivity index (χ2v) is 10.1. The molecule has 0 aromatic heterocycles. The van der Waals surface area contributed by atoms with E-state index in [1.54, 1.807) is 0 Å². The summed E-state index contributed by atoms with van der Waals surface area (Å²) in [4.78, 5) is 17.2. The van der Waals surface area contributed by atoms with Crippen LogP contribution in [0.3, 0.4) is 0 Å². The summed E-state index contributed by atoms with van der Waals surface area (Å²) in [6.45, 7) is 9.66. The van der Waals surface area contributed by atoms with Crippen molar-refractivity contribution < 1.29 is 9.53 Å². The van der Waals surface area contributed by atoms with Crippen molar-refractivity contribution in [2.24, 2.45) is 0 Å². The second kappa shape index (κ2) is 6.84. The van der Waals surface area contributed by atoms with Gasteiger partial charge in [0.2, 0.25) is 0 Å². The minimum Gasteiger partial charge on any atom is -0.444 e. The number of piperidine rings is 1. The summed E-state index contributed by atoms with van der Waals surface area (Å²) in [5, 5.41) is 0. The number of nitrogens with zero attached hydrogens (tertiary/aromatic N) is 2. The van der Waals surface area contributed by atoms with Gasteiger partial charge in [-0.15, -0.1) is 0 Å². The normalized spacial score (nSPS) is 27.3. The number of fused-ring (bicyclic) bond motifs is 5. The predicted molar refractivity (Wildman–Crippen MR) is 118 cm³/mol. The molecule has 0 radical (unpaired) electrons. The van der Waals surface area contributed by atoms with Gasteiger partial charge in [0.15, 0.2) is 0 Å². The van der Waals surface area contributed by atoms with Crippen molar-refractivity contribution in [1.82, 2.24) is 9.80 Å². The quantitative estimate of drug-likeness (QED) is 0.624. The Balaban J connectivity index is 1.40. The van der Waals surface area contributed by atoms with Crippen molar-refractivity contribution in [2.75, 3.05) is 13.1 Å². The maximum Gasteiger partial charge on any atom is 0.410 e. The van der Waals surface area contributed by atoms with Gasteiger partial charge in [0.25, 0.3) is 0 Å². The Morgan fingerprint density at radius 1 is 1.03 bits per heavy atom. The molecular formula is C26H32N2O2. The molecule has 0 N–H and O–H groups in total. The summed E-state index contributed by atoms with van der Waals surface area (Å²) in [6.07, 6.45) is 1.83. The molecule has 0 saturated carbocycles. The zero-order chi connectivity index (χ0) is 21.1. The fourth-order valence-corrected chi connectivity index (χ4v) is 5.90. The molecule has 0 unspecified atom stereocenters. The fraction of sp³-hybridized carbons (Fsp3) is 0.500. The SMILES string of the molecule is C[C@@H](c1ccccc1)[N@]1[C@@H]2c3ccccc3C3(CCN(C(=O)OC(C)(C)C)CC3)[C@@H]21. The predicted octanol–water partition coefficient (Wildman–Crippen LogP) is 5.46. The lowest BCUT2D eigenvalue weighted by Gasteiger charge is -2.42. The number of likely N-dealkylation sites (tertiary alicyclic amines) is 1. The van der Waals surface area contributed by atoms with E-state index in [0.29, 0.717) is 18.1 Å². The highest BCUT2D eigenvalue weighted by Crippen LogP contribution is 2.66. The van der Waals surface area contributed by atoms with E-state index in [0.717, 1.165) is 25.9 Å². The van der Waals surface area contributed by atoms with Gasteiger partial charge < -0.3 is 9.64 Å². The third-order valence-electron chi connectivity index (χ3n) is 7.27. The van der Waals surface area contributed by atoms with Crippen LogP contribution in [0.1, 0.15) is 69.3 Å². The molecular weight excluding hydrogens is 372 g/mol. The molecule has 1 amide bonds. The zero-order valence-electron chi connectivity index (χ0n) is 18.5. The van der Waals surface area contributed by atoms with Crippen LogP contribution in [-0.2, 0) is 10.2 Å². The smallest absolute Gasteiger partial charge is 0.410 e. The van der Waals surface area contributed by atoms with Gasteiger partial charge in [-0.05, 0) is 57.2 Å². The Hall–Kier alpha value is -2.33. The van der Waals surface area contributed by atoms with Crippen LogP contribution in [0, 0.1) is 0 Å². The Labute approximate surface area is 179 Å². The highest BCUT2D eigenvalue weighted by Gasteiger charge is 2.67. The van der Waals surface area contributed by atoms with E-state index in [9.17, 15) is 4.79 Å². The van der Waals surface area contributed by atoms with E-state index in [4.69, 9.17) is 4.74 Å². The van der Waals surface area contributed by atoms with Crippen LogP contribution < -0.4 is 0 Å². The Morgan fingerprint density at radius 3 is 2.33 bits per heavy atom. The minimum atomic E-state index is -0.449. The molecule has 2 fully saturated rings. The van der Waals surface area contributed by atoms with Gasteiger partial charge >= 0.3 is 6.09 Å². The molecule has 2 aliphatic heterocycles. The molecule has 2 saturated heterocycles. The number of hydrogen-bond acceptors (Lipinski definition) is 3. The number of rotatable bonds is 2. The average Bonchev–Trinajstić information content (AvgIpc) is 3.43. The van der Waals surface area contributed by atoms with Gasteiger partial charge in [-0.25, -0.2) is 4.79 Å². The molecule has 4 heteroatoms. The largest absolute Gasteiger partial charge is 0.444 e. The summed E-state index contributed by atoms with van der Waals surface area (Å²) in [6, 6.07) is 21.3. The van der Waals surface area contributed by atoms with Crippen molar-refractivity contribution in [3.63, 3.8) is 0 Å². The Bertz CT molecular complexity index is 941. The number of ether oxygens (including phenoxy) is 1. The third-order valence-corrected chi connectivity index (χ3v) is 7.27. The minimum absolute atomic E-state index is 0.142. The van der Waals surface area contributed by atoms with Crippen molar-refractivity contribution in [2.45, 2.75) is 69.7 Å². The summed E-state index contributed by atoms with van der Waals surface area (Å²) in [7, 11) is 0. The molecule has 0 bridgehead atoms. The van der Waals surface area contributed by atoms with Crippen LogP contribution in [0.15, 0.2) is 54.6 Å². The van der Waals surface area contributed by atoms with E-state index < -0.39 is 5.60 Å². The van der Waals surface area contributed by atoms with Crippen LogP contribution in [-0.4, -0.2) is 40.6 Å². The van der Waals surface area contributed by atoms with Crippen molar-refractivity contribution in [3.8, 4) is 0 Å². The van der Waals surface area contributed by atoms with E-state index in [1.807, 2.05) is 25.7 Å². The number of amides is 1. The first-order valence-electron chi connectivity index (χ1n) is 11.2. The molecule has 4 atom stereocenters. The standard InChI is InChI=1S/C26H32N2O2/c1-18(19-10-6-5-7-11-19)28-22-20-12-8-9-13-21(20)26(23(22)28)14-16-27(17-15-26)24(29)30-25(2,3)4/h5-13,18,22-23H,14-17H2,1-4H3/t18-,22+,23+,28+/m0/s1. The van der Waals surface area contributed by atoms with E-state index >= 15 is 0 Å². The van der Waals surface area contributed by atoms with Crippen molar-refractivity contribution in [3.05, 3.63) is 71.3 Å². The van der Waals surface area contributed by atoms with E-state index in [-0.39, 0.29) is 11.5 Å². The van der Waals surface area contributed by atoms with Gasteiger partial charge in [-0.2, -0.15) is 0 Å². The van der Waals surface area contributed by atoms with Crippen LogP contribution in [0.25, 0.3) is 0 Å². The monoisotopic (exact) mass is 404 g/mol. The van der Waals surface area contributed by atoms with Gasteiger partial charge in [0, 0.05) is 30.6 Å². The summed E-state index contributed by atoms with van der Waals surface area (Å²) >= 11 is 0. The first-order chi connectivity index (χ1) is 14.3. The molecule has 2 aromatic rings. The van der Waals surface area contributed by atoms with Gasteiger partial charge in [-0.3, -0.25) is 4.90 Å². The summed E-state index contributed by atoms with van der Waals surface area (Å²) < 4.78 is 5.63. The lowest BCUT2D eigenvalue weighted by molar-refractivity contribution is 0.0155. The Morgan fingerprint density at radius 2 is 1.67 bits per heavy atom. The highest BCUT2D eigenvalue weighted by atomic mass is 16.6. The topological polar surface area (TPSA) is 32.5 Å². The first kappa shape index (κ1) is 19.6. The van der Waals surface area contributed by atoms with Crippen molar-refractivity contribution >= 4 is 6.09 Å². The lowest BCUT2D eigenvalue weighted by atomic mass is 9.72. The molecule has 158 valence electrons. The summed E-state index contributed by atoms with van der Waals surface area (Å²) in [5.74, 6) is 0. The lowest BCUT2D eigenvalue weighted by Crippen LogP contribution is -2.49. The maximum atomic E-state index is 12.6. The van der Waals surface area contributed by atoms with Crippen LogP contribution >= 0.6 is 0 Å². The van der Waals surface area contributed by atoms with E-state index in [1.165, 1.54) is 16.7 Å². The van der Waals surface area contributed by atoms with Crippen molar-refractivity contribution in [1.29, 1.82) is 0 Å². The van der Waals surface area contributed by atoms with E-state index in [2.05, 4.69) is 66.4 Å². The summed E-state index contributed by atoms with van der Waals surface area (Å²) in [5.41, 5.74) is 4.08. The molecule has 5 rings (SSSR count). The molecule has 2 heterocycles. The molecule has 30 heavy (non-hydrogen) atoms. The highest BCUT2D eigenvalue weighted by molar-refractivity contribution is 5.68. The fourth-order valence-electron chi connectivity index (χ4n) is 5.90. The third kappa shape index (κ3) is 3.04. The maximum absolute atomic E-state index is 12.6. The number of carbonyl (C=O) groups excluding carboxylic acids is 1. The number of hydrogen-bond donors (Lipinski definition) is 0. The molecule has 2 aromatic carbocycles. The molecule has 3 aliphatic rings. The van der Waals surface area contributed by atoms with Gasteiger partial charge in [0.1, 0.15) is 5.60 Å². The first-order valence-corrected chi connectivity index (χ1v) is 11.2. The van der Waals surface area contributed by atoms with Crippen LogP contribution in [0.2, 0.25) is 0 Å². The second-order valence-electron chi connectivity index (χ2n) is 10.1. The average molecular weight is 405 g/mol. The zero-order valence-corrected chi connectivity index (χ0v) is 18.5. The molecule has 1 aliphatic carbocycles. The van der Waals surface area contributed by atoms with Crippen LogP contribution in [0.5, 0.6) is 0 Å². The molecule has 1 spiro atoms. The van der Waals surface area contributed by atoms with Gasteiger partial charge in [0.05, 0.1) is 6.04 Å². The van der Waals surface area contributed by atoms with Gasteiger partial charge in [-0.1, -0.05) is 54.6 Å².